The quantitative estimate of drug-likeness (QED) is 0.630. The number of anilines is 4. The average molecular weight is 432 g/mol. The zero-order valence-electron chi connectivity index (χ0n) is 16.5. The number of aromatic nitrogens is 5. The van der Waals surface area contributed by atoms with Gasteiger partial charge in [-0.3, -0.25) is 4.98 Å². The number of halogens is 3. The van der Waals surface area contributed by atoms with Gasteiger partial charge >= 0.3 is 6.18 Å². The Bertz CT molecular complexity index is 1040. The molecule has 0 amide bonds. The standard InChI is InChI=1S/C19H19F3N8O/c1-23-17-25-9-12(10-26-17)15-8-16(30-4-6-31-7-5-30)29-18(28-15)27-14-2-3-24-11-13(14)19(20,21)22/h2-3,8-11H,4-7H2,1H3,(H,23,25,26)(H,24,27,28,29). The molecule has 2 N–H and O–H groups in total. The zero-order chi connectivity index (χ0) is 21.8. The fraction of sp³-hybridized carbons (Fsp3) is 0.316. The van der Waals surface area contributed by atoms with Crippen LogP contribution in [0, 0.1) is 0 Å². The van der Waals surface area contributed by atoms with Crippen LogP contribution in [-0.4, -0.2) is 58.3 Å². The largest absolute Gasteiger partial charge is 0.419 e. The highest BCUT2D eigenvalue weighted by Crippen LogP contribution is 2.35. The first kappa shape index (κ1) is 20.7. The van der Waals surface area contributed by atoms with Crippen molar-refractivity contribution in [3.8, 4) is 11.3 Å². The Kier molecular flexibility index (Phi) is 5.80. The molecule has 0 saturated carbocycles. The molecule has 0 aromatic carbocycles. The van der Waals surface area contributed by atoms with E-state index in [0.717, 1.165) is 6.20 Å². The SMILES string of the molecule is CNc1ncc(-c2cc(N3CCOCC3)nc(Nc3ccncc3C(F)(F)F)n2)cn1. The van der Waals surface area contributed by atoms with Crippen LogP contribution in [0.1, 0.15) is 5.56 Å². The van der Waals surface area contributed by atoms with Gasteiger partial charge in [-0.1, -0.05) is 0 Å². The second kappa shape index (κ2) is 8.68. The van der Waals surface area contributed by atoms with E-state index in [4.69, 9.17) is 4.74 Å². The number of morpholine rings is 1. The van der Waals surface area contributed by atoms with Crippen LogP contribution in [0.15, 0.2) is 36.9 Å². The van der Waals surface area contributed by atoms with Crippen molar-refractivity contribution in [3.63, 3.8) is 0 Å². The first-order chi connectivity index (χ1) is 14.9. The number of alkyl halides is 3. The summed E-state index contributed by atoms with van der Waals surface area (Å²) in [4.78, 5) is 22.8. The predicted octanol–water partition coefficient (Wildman–Crippen LogP) is 2.97. The second-order valence-electron chi connectivity index (χ2n) is 6.62. The molecule has 1 aliphatic heterocycles. The lowest BCUT2D eigenvalue weighted by Gasteiger charge is -2.28. The summed E-state index contributed by atoms with van der Waals surface area (Å²) in [6.07, 6.45) is 0.634. The third-order valence-corrected chi connectivity index (χ3v) is 4.59. The molecule has 31 heavy (non-hydrogen) atoms. The summed E-state index contributed by atoms with van der Waals surface area (Å²) in [7, 11) is 1.70. The summed E-state index contributed by atoms with van der Waals surface area (Å²) < 4.78 is 45.5. The van der Waals surface area contributed by atoms with Gasteiger partial charge in [-0.25, -0.2) is 15.0 Å². The van der Waals surface area contributed by atoms with Crippen LogP contribution >= 0.6 is 0 Å². The van der Waals surface area contributed by atoms with Gasteiger partial charge in [0.05, 0.1) is 30.2 Å². The summed E-state index contributed by atoms with van der Waals surface area (Å²) in [5.41, 5.74) is -0.0121. The molecule has 1 fully saturated rings. The summed E-state index contributed by atoms with van der Waals surface area (Å²) in [6, 6.07) is 2.99. The summed E-state index contributed by atoms with van der Waals surface area (Å²) in [5, 5.41) is 5.53. The van der Waals surface area contributed by atoms with Gasteiger partial charge in [0.15, 0.2) is 0 Å². The minimum atomic E-state index is -4.57. The molecule has 1 saturated heterocycles. The van der Waals surface area contributed by atoms with E-state index < -0.39 is 11.7 Å². The van der Waals surface area contributed by atoms with E-state index in [0.29, 0.717) is 49.3 Å². The second-order valence-corrected chi connectivity index (χ2v) is 6.62. The number of nitrogens with one attached hydrogen (secondary N) is 2. The number of hydrogen-bond donors (Lipinski definition) is 2. The summed E-state index contributed by atoms with van der Waals surface area (Å²) >= 11 is 0. The Hall–Kier alpha value is -3.54. The first-order valence-corrected chi connectivity index (χ1v) is 9.44. The van der Waals surface area contributed by atoms with Gasteiger partial charge < -0.3 is 20.3 Å². The minimum Gasteiger partial charge on any atom is -0.378 e. The van der Waals surface area contributed by atoms with Gasteiger partial charge in [-0.15, -0.1) is 0 Å². The van der Waals surface area contributed by atoms with E-state index in [1.807, 2.05) is 4.90 Å². The smallest absolute Gasteiger partial charge is 0.378 e. The van der Waals surface area contributed by atoms with Crippen molar-refractivity contribution in [1.29, 1.82) is 0 Å². The van der Waals surface area contributed by atoms with E-state index in [1.165, 1.54) is 12.3 Å². The van der Waals surface area contributed by atoms with Crippen molar-refractivity contribution < 1.29 is 17.9 Å². The van der Waals surface area contributed by atoms with Gasteiger partial charge in [0.25, 0.3) is 0 Å². The molecular weight excluding hydrogens is 413 g/mol. The molecular formula is C19H19F3N8O. The Balaban J connectivity index is 1.74. The van der Waals surface area contributed by atoms with Crippen molar-refractivity contribution >= 4 is 23.4 Å². The highest BCUT2D eigenvalue weighted by Gasteiger charge is 2.34. The molecule has 162 valence electrons. The first-order valence-electron chi connectivity index (χ1n) is 9.44. The molecule has 0 aliphatic carbocycles. The predicted molar refractivity (Wildman–Crippen MR) is 108 cm³/mol. The monoisotopic (exact) mass is 432 g/mol. The molecule has 9 nitrogen and oxygen atoms in total. The van der Waals surface area contributed by atoms with Crippen molar-refractivity contribution in [3.05, 3.63) is 42.5 Å². The third kappa shape index (κ3) is 4.79. The van der Waals surface area contributed by atoms with Gasteiger partial charge in [0, 0.05) is 56.6 Å². The molecule has 0 radical (unpaired) electrons. The van der Waals surface area contributed by atoms with E-state index in [9.17, 15) is 13.2 Å². The van der Waals surface area contributed by atoms with Crippen LogP contribution in [0.25, 0.3) is 11.3 Å². The lowest BCUT2D eigenvalue weighted by atomic mass is 10.2. The van der Waals surface area contributed by atoms with E-state index >= 15 is 0 Å². The Morgan fingerprint density at radius 1 is 1.03 bits per heavy atom. The van der Waals surface area contributed by atoms with Crippen LogP contribution in [0.3, 0.4) is 0 Å². The molecule has 0 atom stereocenters. The molecule has 0 bridgehead atoms. The van der Waals surface area contributed by atoms with Crippen LogP contribution in [0.5, 0.6) is 0 Å². The van der Waals surface area contributed by atoms with Crippen LogP contribution in [0.4, 0.5) is 36.6 Å². The maximum Gasteiger partial charge on any atom is 0.419 e. The number of ether oxygens (including phenoxy) is 1. The molecule has 0 unspecified atom stereocenters. The Labute approximate surface area is 175 Å². The fourth-order valence-corrected chi connectivity index (χ4v) is 3.03. The molecule has 4 rings (SSSR count). The van der Waals surface area contributed by atoms with Crippen molar-refractivity contribution in [2.75, 3.05) is 48.9 Å². The van der Waals surface area contributed by atoms with E-state index in [-0.39, 0.29) is 11.6 Å². The van der Waals surface area contributed by atoms with E-state index in [1.54, 1.807) is 25.5 Å². The molecule has 12 heteroatoms. The van der Waals surface area contributed by atoms with Crippen molar-refractivity contribution in [1.82, 2.24) is 24.9 Å². The Morgan fingerprint density at radius 3 is 2.45 bits per heavy atom. The molecule has 4 heterocycles. The van der Waals surface area contributed by atoms with E-state index in [2.05, 4.69) is 35.6 Å². The Morgan fingerprint density at radius 2 is 1.77 bits per heavy atom. The average Bonchev–Trinajstić information content (AvgIpc) is 2.79. The van der Waals surface area contributed by atoms with Crippen LogP contribution in [0.2, 0.25) is 0 Å². The number of rotatable bonds is 5. The maximum atomic E-state index is 13.4. The molecule has 0 spiro atoms. The molecule has 3 aromatic rings. The van der Waals surface area contributed by atoms with Gasteiger partial charge in [0.2, 0.25) is 11.9 Å². The fourth-order valence-electron chi connectivity index (χ4n) is 3.03. The normalized spacial score (nSPS) is 14.4. The third-order valence-electron chi connectivity index (χ3n) is 4.59. The number of nitrogens with zero attached hydrogens (tertiary/aromatic N) is 6. The van der Waals surface area contributed by atoms with Gasteiger partial charge in [0.1, 0.15) is 5.82 Å². The topological polar surface area (TPSA) is 101 Å². The van der Waals surface area contributed by atoms with Crippen LogP contribution < -0.4 is 15.5 Å². The highest BCUT2D eigenvalue weighted by molar-refractivity contribution is 5.67. The van der Waals surface area contributed by atoms with Crippen LogP contribution in [-0.2, 0) is 10.9 Å². The van der Waals surface area contributed by atoms with Gasteiger partial charge in [-0.05, 0) is 6.07 Å². The van der Waals surface area contributed by atoms with Gasteiger partial charge in [-0.2, -0.15) is 18.2 Å². The highest BCUT2D eigenvalue weighted by atomic mass is 19.4. The zero-order valence-corrected chi connectivity index (χ0v) is 16.5. The molecule has 3 aromatic heterocycles. The summed E-state index contributed by atoms with van der Waals surface area (Å²) in [6.45, 7) is 2.28. The molecule has 1 aliphatic rings. The number of pyridine rings is 1. The maximum absolute atomic E-state index is 13.4. The lowest BCUT2D eigenvalue weighted by molar-refractivity contribution is -0.137. The summed E-state index contributed by atoms with van der Waals surface area (Å²) in [5.74, 6) is 1.03. The minimum absolute atomic E-state index is 0.0217. The van der Waals surface area contributed by atoms with Crippen molar-refractivity contribution in [2.45, 2.75) is 6.18 Å². The van der Waals surface area contributed by atoms with Crippen molar-refractivity contribution in [2.24, 2.45) is 0 Å². The number of hydrogen-bond acceptors (Lipinski definition) is 9. The lowest BCUT2D eigenvalue weighted by Crippen LogP contribution is -2.36.